The molecule has 100 valence electrons. The molecule has 1 fully saturated rings. The van der Waals surface area contributed by atoms with Crippen LogP contribution in [-0.2, 0) is 0 Å². The molecule has 18 heavy (non-hydrogen) atoms. The highest BCUT2D eigenvalue weighted by Crippen LogP contribution is 2.49. The summed E-state index contributed by atoms with van der Waals surface area (Å²) in [5.74, 6) is 0.959. The van der Waals surface area contributed by atoms with Crippen molar-refractivity contribution in [1.82, 2.24) is 0 Å². The zero-order valence-corrected chi connectivity index (χ0v) is 12.0. The Balaban J connectivity index is 2.23. The lowest BCUT2D eigenvalue weighted by Crippen LogP contribution is -2.24. The Morgan fingerprint density at radius 3 is 2.67 bits per heavy atom. The molecule has 2 rings (SSSR count). The molecule has 3 heteroatoms. The zero-order valence-electron chi connectivity index (χ0n) is 11.2. The number of methoxy groups -OCH3 is 1. The molecule has 1 aromatic rings. The molecule has 0 spiro atoms. The van der Waals surface area contributed by atoms with E-state index in [0.717, 1.165) is 12.0 Å². The van der Waals surface area contributed by atoms with E-state index in [9.17, 15) is 5.11 Å². The Labute approximate surface area is 114 Å². The Kier molecular flexibility index (Phi) is 3.88. The van der Waals surface area contributed by atoms with Crippen LogP contribution in [-0.4, -0.2) is 12.2 Å². The Morgan fingerprint density at radius 1 is 1.44 bits per heavy atom. The molecule has 0 heterocycles. The first kappa shape index (κ1) is 13.7. The average Bonchev–Trinajstić information content (AvgIpc) is 2.68. The second-order valence-electron chi connectivity index (χ2n) is 5.83. The third kappa shape index (κ3) is 2.50. The number of benzene rings is 1. The Hall–Kier alpha value is -0.730. The van der Waals surface area contributed by atoms with Crippen LogP contribution in [0.2, 0.25) is 5.02 Å². The third-order valence-electron chi connectivity index (χ3n) is 4.24. The van der Waals surface area contributed by atoms with Gasteiger partial charge in [0.1, 0.15) is 5.75 Å². The van der Waals surface area contributed by atoms with Crippen LogP contribution in [0.25, 0.3) is 0 Å². The second-order valence-corrected chi connectivity index (χ2v) is 6.23. The molecular weight excluding hydrogens is 248 g/mol. The maximum atomic E-state index is 10.5. The molecule has 0 bridgehead atoms. The van der Waals surface area contributed by atoms with E-state index in [2.05, 4.69) is 13.8 Å². The monoisotopic (exact) mass is 268 g/mol. The van der Waals surface area contributed by atoms with E-state index < -0.39 is 6.10 Å². The van der Waals surface area contributed by atoms with Gasteiger partial charge in [-0.2, -0.15) is 0 Å². The number of aliphatic hydroxyl groups is 1. The molecule has 1 aromatic carbocycles. The fraction of sp³-hybridized carbons (Fsp3) is 0.600. The van der Waals surface area contributed by atoms with Crippen molar-refractivity contribution < 1.29 is 9.84 Å². The normalized spacial score (nSPS) is 23.9. The van der Waals surface area contributed by atoms with Crippen molar-refractivity contribution in [2.45, 2.75) is 39.2 Å². The first-order valence-electron chi connectivity index (χ1n) is 6.47. The molecule has 1 aliphatic carbocycles. The number of ether oxygens (including phenoxy) is 1. The predicted molar refractivity (Wildman–Crippen MR) is 74.1 cm³/mol. The smallest absolute Gasteiger partial charge is 0.137 e. The van der Waals surface area contributed by atoms with Crippen LogP contribution in [0, 0.1) is 11.3 Å². The van der Waals surface area contributed by atoms with Gasteiger partial charge in [0.2, 0.25) is 0 Å². The first-order valence-corrected chi connectivity index (χ1v) is 6.85. The minimum atomic E-state index is -0.439. The van der Waals surface area contributed by atoms with Crippen LogP contribution in [0.15, 0.2) is 18.2 Å². The molecule has 1 aliphatic rings. The summed E-state index contributed by atoms with van der Waals surface area (Å²) in [6.07, 6.45) is 3.01. The van der Waals surface area contributed by atoms with Gasteiger partial charge in [0.05, 0.1) is 18.2 Å². The van der Waals surface area contributed by atoms with E-state index in [1.54, 1.807) is 7.11 Å². The maximum Gasteiger partial charge on any atom is 0.137 e. The van der Waals surface area contributed by atoms with Crippen LogP contribution in [0.3, 0.4) is 0 Å². The quantitative estimate of drug-likeness (QED) is 0.890. The number of hydrogen-bond donors (Lipinski definition) is 1. The lowest BCUT2D eigenvalue weighted by atomic mass is 9.77. The van der Waals surface area contributed by atoms with Gasteiger partial charge in [0, 0.05) is 0 Å². The van der Waals surface area contributed by atoms with Crippen molar-refractivity contribution >= 4 is 11.6 Å². The van der Waals surface area contributed by atoms with Gasteiger partial charge in [0.15, 0.2) is 0 Å². The lowest BCUT2D eigenvalue weighted by Gasteiger charge is -2.31. The molecule has 0 aromatic heterocycles. The molecule has 0 aliphatic heterocycles. The summed E-state index contributed by atoms with van der Waals surface area (Å²) < 4.78 is 5.13. The molecule has 2 atom stereocenters. The van der Waals surface area contributed by atoms with Gasteiger partial charge in [-0.25, -0.2) is 0 Å². The lowest BCUT2D eigenvalue weighted by molar-refractivity contribution is 0.0531. The van der Waals surface area contributed by atoms with Gasteiger partial charge in [-0.1, -0.05) is 37.9 Å². The fourth-order valence-corrected chi connectivity index (χ4v) is 3.30. The third-order valence-corrected chi connectivity index (χ3v) is 4.53. The van der Waals surface area contributed by atoms with Crippen molar-refractivity contribution in [3.63, 3.8) is 0 Å². The summed E-state index contributed by atoms with van der Waals surface area (Å²) in [4.78, 5) is 0. The van der Waals surface area contributed by atoms with E-state index in [0.29, 0.717) is 16.7 Å². The van der Waals surface area contributed by atoms with Gasteiger partial charge in [0.25, 0.3) is 0 Å². The van der Waals surface area contributed by atoms with Crippen molar-refractivity contribution in [2.75, 3.05) is 7.11 Å². The average molecular weight is 269 g/mol. The van der Waals surface area contributed by atoms with Crippen LogP contribution in [0.5, 0.6) is 5.75 Å². The van der Waals surface area contributed by atoms with Crippen molar-refractivity contribution in [3.8, 4) is 5.75 Å². The molecule has 1 saturated carbocycles. The van der Waals surface area contributed by atoms with Crippen LogP contribution < -0.4 is 4.74 Å². The van der Waals surface area contributed by atoms with Gasteiger partial charge >= 0.3 is 0 Å². The zero-order chi connectivity index (χ0) is 13.3. The fourth-order valence-electron chi connectivity index (χ4n) is 3.04. The van der Waals surface area contributed by atoms with Crippen molar-refractivity contribution in [3.05, 3.63) is 28.8 Å². The van der Waals surface area contributed by atoms with Gasteiger partial charge in [-0.3, -0.25) is 0 Å². The highest BCUT2D eigenvalue weighted by atomic mass is 35.5. The van der Waals surface area contributed by atoms with Crippen LogP contribution in [0.4, 0.5) is 0 Å². The van der Waals surface area contributed by atoms with E-state index in [1.807, 2.05) is 18.2 Å². The molecular formula is C15H21ClO2. The topological polar surface area (TPSA) is 29.5 Å². The second kappa shape index (κ2) is 5.10. The first-order chi connectivity index (χ1) is 8.45. The number of hydrogen-bond acceptors (Lipinski definition) is 2. The number of aliphatic hydroxyl groups excluding tert-OH is 1. The number of rotatable bonds is 3. The van der Waals surface area contributed by atoms with E-state index in [4.69, 9.17) is 16.3 Å². The molecule has 2 nitrogen and oxygen atoms in total. The summed E-state index contributed by atoms with van der Waals surface area (Å²) in [6, 6.07) is 5.55. The Bertz CT molecular complexity index is 429. The minimum Gasteiger partial charge on any atom is -0.495 e. The molecule has 1 N–H and O–H groups in total. The summed E-state index contributed by atoms with van der Waals surface area (Å²) in [7, 11) is 1.59. The molecule has 0 amide bonds. The van der Waals surface area contributed by atoms with Gasteiger partial charge < -0.3 is 9.84 Å². The summed E-state index contributed by atoms with van der Waals surface area (Å²) >= 11 is 6.12. The van der Waals surface area contributed by atoms with Crippen molar-refractivity contribution in [1.29, 1.82) is 0 Å². The SMILES string of the molecule is COc1ccc(C(O)C2CCCC2(C)C)cc1Cl. The number of halogens is 1. The van der Waals surface area contributed by atoms with Gasteiger partial charge in [-0.05, 0) is 41.9 Å². The van der Waals surface area contributed by atoms with E-state index in [1.165, 1.54) is 12.8 Å². The Morgan fingerprint density at radius 2 is 2.17 bits per heavy atom. The summed E-state index contributed by atoms with van der Waals surface area (Å²) in [6.45, 7) is 4.47. The minimum absolute atomic E-state index is 0.200. The largest absolute Gasteiger partial charge is 0.495 e. The molecule has 0 saturated heterocycles. The van der Waals surface area contributed by atoms with Crippen LogP contribution in [0.1, 0.15) is 44.8 Å². The highest BCUT2D eigenvalue weighted by Gasteiger charge is 2.39. The highest BCUT2D eigenvalue weighted by molar-refractivity contribution is 6.32. The van der Waals surface area contributed by atoms with Crippen molar-refractivity contribution in [2.24, 2.45) is 11.3 Å². The summed E-state index contributed by atoms with van der Waals surface area (Å²) in [5.41, 5.74) is 1.09. The molecule has 2 unspecified atom stereocenters. The van der Waals surface area contributed by atoms with Crippen LogP contribution >= 0.6 is 11.6 Å². The predicted octanol–water partition coefficient (Wildman–Crippen LogP) is 4.21. The molecule has 0 radical (unpaired) electrons. The van der Waals surface area contributed by atoms with E-state index >= 15 is 0 Å². The maximum absolute atomic E-state index is 10.5. The standard InChI is InChI=1S/C15H21ClO2/c1-15(2)8-4-5-11(15)14(17)10-6-7-13(18-3)12(16)9-10/h6-7,9,11,14,17H,4-5,8H2,1-3H3. The summed E-state index contributed by atoms with van der Waals surface area (Å²) in [5, 5.41) is 11.1. The van der Waals surface area contributed by atoms with E-state index in [-0.39, 0.29) is 5.41 Å². The van der Waals surface area contributed by atoms with Gasteiger partial charge in [-0.15, -0.1) is 0 Å².